The van der Waals surface area contributed by atoms with Gasteiger partial charge < -0.3 is 5.32 Å². The average molecular weight is 295 g/mol. The number of carbonyl (C=O) groups excluding carboxylic acids is 1. The van der Waals surface area contributed by atoms with E-state index >= 15 is 0 Å². The van der Waals surface area contributed by atoms with Crippen molar-refractivity contribution < 1.29 is 4.79 Å². The minimum Gasteiger partial charge on any atom is -0.348 e. The van der Waals surface area contributed by atoms with Crippen LogP contribution in [0.25, 0.3) is 0 Å². The first kappa shape index (κ1) is 13.6. The van der Waals surface area contributed by atoms with E-state index in [1.165, 1.54) is 11.1 Å². The fourth-order valence-electron chi connectivity index (χ4n) is 3.68. The fraction of sp³-hybridized carbons (Fsp3) is 0.444. The van der Waals surface area contributed by atoms with Crippen molar-refractivity contribution in [1.29, 1.82) is 0 Å². The molecule has 1 aromatic heterocycles. The summed E-state index contributed by atoms with van der Waals surface area (Å²) in [5.74, 6) is 1.25. The molecule has 4 nitrogen and oxygen atoms in total. The predicted molar refractivity (Wildman–Crippen MR) is 84.3 cm³/mol. The van der Waals surface area contributed by atoms with Gasteiger partial charge in [0.15, 0.2) is 0 Å². The lowest BCUT2D eigenvalue weighted by Crippen LogP contribution is -2.31. The second kappa shape index (κ2) is 5.59. The van der Waals surface area contributed by atoms with Crippen molar-refractivity contribution in [3.05, 3.63) is 53.3 Å². The summed E-state index contributed by atoms with van der Waals surface area (Å²) in [5, 5.41) is 10.4. The number of benzene rings is 1. The number of aryl methyl sites for hydroxylation is 1. The van der Waals surface area contributed by atoms with E-state index in [1.54, 1.807) is 0 Å². The van der Waals surface area contributed by atoms with Crippen LogP contribution >= 0.6 is 0 Å². The van der Waals surface area contributed by atoms with Crippen molar-refractivity contribution in [2.24, 2.45) is 5.92 Å². The van der Waals surface area contributed by atoms with Gasteiger partial charge in [-0.3, -0.25) is 9.89 Å². The predicted octanol–water partition coefficient (Wildman–Crippen LogP) is 3.10. The minimum absolute atomic E-state index is 0.118. The number of nitrogens with zero attached hydrogens (tertiary/aromatic N) is 1. The summed E-state index contributed by atoms with van der Waals surface area (Å²) < 4.78 is 0. The van der Waals surface area contributed by atoms with E-state index < -0.39 is 0 Å². The van der Waals surface area contributed by atoms with Crippen LogP contribution in [0.2, 0.25) is 0 Å². The zero-order chi connectivity index (χ0) is 14.9. The van der Waals surface area contributed by atoms with Crippen molar-refractivity contribution in [1.82, 2.24) is 15.5 Å². The molecule has 1 aromatic carbocycles. The van der Waals surface area contributed by atoms with Gasteiger partial charge in [0.05, 0.1) is 17.9 Å². The third-order valence-corrected chi connectivity index (χ3v) is 4.97. The molecule has 1 heterocycles. The Hall–Kier alpha value is -2.10. The third-order valence-electron chi connectivity index (χ3n) is 4.97. The number of aromatic amines is 1. The maximum Gasteiger partial charge on any atom is 0.220 e. The molecular formula is C18H21N3O. The number of carbonyl (C=O) groups is 1. The monoisotopic (exact) mass is 295 g/mol. The van der Waals surface area contributed by atoms with Crippen LogP contribution in [0.1, 0.15) is 54.5 Å². The zero-order valence-corrected chi connectivity index (χ0v) is 12.6. The quantitative estimate of drug-likeness (QED) is 0.910. The van der Waals surface area contributed by atoms with Gasteiger partial charge in [-0.15, -0.1) is 0 Å². The van der Waals surface area contributed by atoms with Gasteiger partial charge in [0.25, 0.3) is 0 Å². The standard InChI is InChI=1S/C18H21N3O/c22-17(10-14-9-15(14)12-5-2-1-3-6-12)20-16-8-4-7-13-11-19-21-18(13)16/h1-3,5-6,11,14-16H,4,7-10H2,(H,19,21)(H,20,22)/t14-,15-,16?/m0/s1. The number of aromatic nitrogens is 2. The summed E-state index contributed by atoms with van der Waals surface area (Å²) in [6, 6.07) is 10.6. The van der Waals surface area contributed by atoms with Crippen molar-refractivity contribution in [2.45, 2.75) is 44.1 Å². The van der Waals surface area contributed by atoms with Crippen LogP contribution in [-0.2, 0) is 11.2 Å². The normalized spacial score (nSPS) is 26.3. The number of rotatable bonds is 4. The number of H-pyrrole nitrogens is 1. The summed E-state index contributed by atoms with van der Waals surface area (Å²) in [4.78, 5) is 12.3. The summed E-state index contributed by atoms with van der Waals surface area (Å²) >= 11 is 0. The lowest BCUT2D eigenvalue weighted by atomic mass is 9.93. The van der Waals surface area contributed by atoms with Gasteiger partial charge in [0.1, 0.15) is 0 Å². The van der Waals surface area contributed by atoms with Crippen molar-refractivity contribution in [3.63, 3.8) is 0 Å². The molecule has 0 radical (unpaired) electrons. The van der Waals surface area contributed by atoms with Gasteiger partial charge in [-0.25, -0.2) is 0 Å². The van der Waals surface area contributed by atoms with Gasteiger partial charge in [-0.1, -0.05) is 30.3 Å². The maximum atomic E-state index is 12.3. The van der Waals surface area contributed by atoms with Crippen molar-refractivity contribution in [3.8, 4) is 0 Å². The Morgan fingerprint density at radius 2 is 2.18 bits per heavy atom. The molecular weight excluding hydrogens is 274 g/mol. The Morgan fingerprint density at radius 1 is 1.32 bits per heavy atom. The third kappa shape index (κ3) is 2.65. The second-order valence-corrected chi connectivity index (χ2v) is 6.54. The molecule has 1 amide bonds. The first-order chi connectivity index (χ1) is 10.8. The van der Waals surface area contributed by atoms with Gasteiger partial charge >= 0.3 is 0 Å². The van der Waals surface area contributed by atoms with Gasteiger partial charge in [-0.2, -0.15) is 5.10 Å². The molecule has 2 aromatic rings. The van der Waals surface area contributed by atoms with Crippen LogP contribution in [0.4, 0.5) is 0 Å². The van der Waals surface area contributed by atoms with E-state index in [1.807, 2.05) is 12.3 Å². The highest BCUT2D eigenvalue weighted by atomic mass is 16.1. The molecule has 4 rings (SSSR count). The van der Waals surface area contributed by atoms with E-state index in [0.717, 1.165) is 31.4 Å². The molecule has 0 saturated heterocycles. The van der Waals surface area contributed by atoms with E-state index in [-0.39, 0.29) is 11.9 Å². The Labute approximate surface area is 130 Å². The lowest BCUT2D eigenvalue weighted by molar-refractivity contribution is -0.122. The van der Waals surface area contributed by atoms with Crippen molar-refractivity contribution >= 4 is 5.91 Å². The number of hydrogen-bond donors (Lipinski definition) is 2. The number of nitrogens with one attached hydrogen (secondary N) is 2. The summed E-state index contributed by atoms with van der Waals surface area (Å²) in [6.45, 7) is 0. The van der Waals surface area contributed by atoms with Gasteiger partial charge in [-0.05, 0) is 48.6 Å². The van der Waals surface area contributed by atoms with Crippen LogP contribution in [0.15, 0.2) is 36.5 Å². The Balaban J connectivity index is 1.34. The molecule has 1 unspecified atom stereocenters. The van der Waals surface area contributed by atoms with Crippen LogP contribution < -0.4 is 5.32 Å². The molecule has 0 aliphatic heterocycles. The largest absolute Gasteiger partial charge is 0.348 e. The second-order valence-electron chi connectivity index (χ2n) is 6.54. The SMILES string of the molecule is O=C(C[C@@H]1C[C@H]1c1ccccc1)NC1CCCc2cn[nH]c21. The fourth-order valence-corrected chi connectivity index (χ4v) is 3.68. The maximum absolute atomic E-state index is 12.3. The van der Waals surface area contributed by atoms with Gasteiger partial charge in [0, 0.05) is 6.42 Å². The Kier molecular flexibility index (Phi) is 3.45. The molecule has 3 atom stereocenters. The molecule has 2 aliphatic carbocycles. The molecule has 4 heteroatoms. The summed E-state index contributed by atoms with van der Waals surface area (Å²) in [6.07, 6.45) is 6.86. The van der Waals surface area contributed by atoms with Crippen molar-refractivity contribution in [2.75, 3.05) is 0 Å². The van der Waals surface area contributed by atoms with E-state index in [9.17, 15) is 4.79 Å². The molecule has 22 heavy (non-hydrogen) atoms. The first-order valence-electron chi connectivity index (χ1n) is 8.17. The highest BCUT2D eigenvalue weighted by Crippen LogP contribution is 2.49. The number of amides is 1. The smallest absolute Gasteiger partial charge is 0.220 e. The van der Waals surface area contributed by atoms with Crippen LogP contribution in [-0.4, -0.2) is 16.1 Å². The summed E-state index contributed by atoms with van der Waals surface area (Å²) in [7, 11) is 0. The van der Waals surface area contributed by atoms with Gasteiger partial charge in [0.2, 0.25) is 5.91 Å². The molecule has 2 aliphatic rings. The highest BCUT2D eigenvalue weighted by molar-refractivity contribution is 5.77. The molecule has 2 N–H and O–H groups in total. The van der Waals surface area contributed by atoms with Crippen LogP contribution in [0, 0.1) is 5.92 Å². The molecule has 0 spiro atoms. The minimum atomic E-state index is 0.118. The lowest BCUT2D eigenvalue weighted by Gasteiger charge is -2.22. The number of fused-ring (bicyclic) bond motifs is 1. The Bertz CT molecular complexity index is 664. The molecule has 114 valence electrons. The summed E-state index contributed by atoms with van der Waals surface area (Å²) in [5.41, 5.74) is 3.73. The van der Waals surface area contributed by atoms with E-state index in [4.69, 9.17) is 0 Å². The average Bonchev–Trinajstić information content (AvgIpc) is 3.12. The molecule has 1 saturated carbocycles. The van der Waals surface area contributed by atoms with Crippen LogP contribution in [0.3, 0.4) is 0 Å². The molecule has 0 bridgehead atoms. The van der Waals surface area contributed by atoms with E-state index in [0.29, 0.717) is 18.3 Å². The zero-order valence-electron chi connectivity index (χ0n) is 12.6. The first-order valence-corrected chi connectivity index (χ1v) is 8.17. The Morgan fingerprint density at radius 3 is 3.05 bits per heavy atom. The topological polar surface area (TPSA) is 57.8 Å². The highest BCUT2D eigenvalue weighted by Gasteiger charge is 2.39. The van der Waals surface area contributed by atoms with E-state index in [2.05, 4.69) is 39.8 Å². The number of hydrogen-bond acceptors (Lipinski definition) is 2. The molecule has 1 fully saturated rings. The van der Waals surface area contributed by atoms with Crippen LogP contribution in [0.5, 0.6) is 0 Å².